The predicted molar refractivity (Wildman–Crippen MR) is 145 cm³/mol. The number of pyridine rings is 1. The molecule has 2 rings (SSSR count). The first-order valence-electron chi connectivity index (χ1n) is 12.9. The lowest BCUT2D eigenvalue weighted by Crippen LogP contribution is -2.28. The standard InChI is InChI=1S/C30H41N3O2/c1-2-3-4-5-6-7-8-9-10-11-12-13-14-15-16-17-18-21-28(34)33-24-22-26(25-33)27-20-19-23-32-29(27)30(31)35/h3-4,6-7,9-10,12-13,15-16,19-20,23,26H,2,5,8,11,14,17-18,21-22,24-25H2,1H3,(H2,31,35)/b4-3-,7-6-,10-9-,13-12-,16-15-/t26-/m1/s1. The van der Waals surface area contributed by atoms with E-state index >= 15 is 0 Å². The normalized spacial score (nSPS) is 16.7. The lowest BCUT2D eigenvalue weighted by atomic mass is 9.96. The first-order valence-corrected chi connectivity index (χ1v) is 12.9. The molecule has 1 aliphatic heterocycles. The van der Waals surface area contributed by atoms with Crippen LogP contribution in [0.1, 0.15) is 86.7 Å². The Hall–Kier alpha value is -3.21. The maximum atomic E-state index is 12.6. The van der Waals surface area contributed by atoms with E-state index in [4.69, 9.17) is 5.73 Å². The van der Waals surface area contributed by atoms with E-state index in [1.807, 2.05) is 17.0 Å². The van der Waals surface area contributed by atoms with Crippen LogP contribution in [0.4, 0.5) is 0 Å². The molecule has 1 saturated heterocycles. The van der Waals surface area contributed by atoms with Crippen molar-refractivity contribution in [1.29, 1.82) is 0 Å². The second-order valence-electron chi connectivity index (χ2n) is 8.73. The number of hydrogen-bond acceptors (Lipinski definition) is 3. The van der Waals surface area contributed by atoms with Gasteiger partial charge in [0.25, 0.3) is 5.91 Å². The maximum Gasteiger partial charge on any atom is 0.267 e. The van der Waals surface area contributed by atoms with E-state index in [0.717, 1.165) is 63.5 Å². The monoisotopic (exact) mass is 475 g/mol. The van der Waals surface area contributed by atoms with Gasteiger partial charge in [0.15, 0.2) is 0 Å². The zero-order chi connectivity index (χ0) is 25.1. The van der Waals surface area contributed by atoms with Crippen molar-refractivity contribution in [3.8, 4) is 0 Å². The summed E-state index contributed by atoms with van der Waals surface area (Å²) in [5.74, 6) is -0.201. The van der Waals surface area contributed by atoms with Crippen molar-refractivity contribution in [3.63, 3.8) is 0 Å². The fourth-order valence-electron chi connectivity index (χ4n) is 4.09. The Kier molecular flexibility index (Phi) is 13.8. The lowest BCUT2D eigenvalue weighted by Gasteiger charge is -2.17. The van der Waals surface area contributed by atoms with Crippen LogP contribution in [-0.4, -0.2) is 34.8 Å². The molecule has 2 amide bonds. The quantitative estimate of drug-likeness (QED) is 0.235. The van der Waals surface area contributed by atoms with E-state index in [0.29, 0.717) is 18.7 Å². The van der Waals surface area contributed by atoms with Gasteiger partial charge in [0.1, 0.15) is 5.69 Å². The van der Waals surface area contributed by atoms with Crippen LogP contribution in [0.5, 0.6) is 0 Å². The molecule has 35 heavy (non-hydrogen) atoms. The second kappa shape index (κ2) is 17.3. The number of aromatic nitrogens is 1. The highest BCUT2D eigenvalue weighted by Crippen LogP contribution is 2.29. The first-order chi connectivity index (χ1) is 17.1. The largest absolute Gasteiger partial charge is 0.364 e. The van der Waals surface area contributed by atoms with Crippen molar-refractivity contribution in [2.75, 3.05) is 13.1 Å². The summed E-state index contributed by atoms with van der Waals surface area (Å²) in [6, 6.07) is 3.71. The molecule has 0 unspecified atom stereocenters. The average Bonchev–Trinajstić information content (AvgIpc) is 3.36. The number of allylic oxidation sites excluding steroid dienone is 10. The third-order valence-electron chi connectivity index (χ3n) is 5.97. The third-order valence-corrected chi connectivity index (χ3v) is 5.97. The summed E-state index contributed by atoms with van der Waals surface area (Å²) >= 11 is 0. The number of unbranched alkanes of at least 4 members (excludes halogenated alkanes) is 1. The molecule has 1 atom stereocenters. The summed E-state index contributed by atoms with van der Waals surface area (Å²) in [6.07, 6.45) is 31.6. The topological polar surface area (TPSA) is 76.3 Å². The number of rotatable bonds is 15. The van der Waals surface area contributed by atoms with Crippen LogP contribution in [0, 0.1) is 0 Å². The Balaban J connectivity index is 1.55. The van der Waals surface area contributed by atoms with Crippen molar-refractivity contribution < 1.29 is 9.59 Å². The molecule has 2 heterocycles. The van der Waals surface area contributed by atoms with Crippen LogP contribution in [0.2, 0.25) is 0 Å². The molecule has 1 aromatic heterocycles. The van der Waals surface area contributed by atoms with Crippen molar-refractivity contribution in [3.05, 3.63) is 90.3 Å². The Bertz CT molecular complexity index is 927. The highest BCUT2D eigenvalue weighted by atomic mass is 16.2. The van der Waals surface area contributed by atoms with Gasteiger partial charge in [-0.05, 0) is 63.0 Å². The molecule has 0 radical (unpaired) electrons. The fourth-order valence-corrected chi connectivity index (χ4v) is 4.09. The average molecular weight is 476 g/mol. The number of carbonyl (C=O) groups is 2. The van der Waals surface area contributed by atoms with Gasteiger partial charge in [-0.1, -0.05) is 73.8 Å². The van der Waals surface area contributed by atoms with Gasteiger partial charge in [-0.25, -0.2) is 0 Å². The zero-order valence-electron chi connectivity index (χ0n) is 21.1. The number of likely N-dealkylation sites (tertiary alicyclic amines) is 1. The zero-order valence-corrected chi connectivity index (χ0v) is 21.1. The number of hydrogen-bond donors (Lipinski definition) is 1. The summed E-state index contributed by atoms with van der Waals surface area (Å²) in [5.41, 5.74) is 6.63. The highest BCUT2D eigenvalue weighted by molar-refractivity contribution is 5.92. The van der Waals surface area contributed by atoms with Gasteiger partial charge >= 0.3 is 0 Å². The van der Waals surface area contributed by atoms with Gasteiger partial charge in [0.2, 0.25) is 5.91 Å². The fraction of sp³-hybridized carbons (Fsp3) is 0.433. The SMILES string of the molecule is CC/C=C\C/C=C\C/C=C\C/C=C\C/C=C\CCCC(=O)N1CC[C@@H](c2cccnc2C(N)=O)C1. The Morgan fingerprint density at radius 2 is 1.57 bits per heavy atom. The van der Waals surface area contributed by atoms with Gasteiger partial charge in [-0.2, -0.15) is 0 Å². The van der Waals surface area contributed by atoms with Crippen LogP contribution in [0.25, 0.3) is 0 Å². The van der Waals surface area contributed by atoms with Crippen LogP contribution in [0.15, 0.2) is 79.1 Å². The van der Waals surface area contributed by atoms with E-state index in [-0.39, 0.29) is 11.8 Å². The number of nitrogens with two attached hydrogens (primary N) is 1. The minimum atomic E-state index is -0.512. The van der Waals surface area contributed by atoms with E-state index in [1.54, 1.807) is 6.20 Å². The molecular weight excluding hydrogens is 434 g/mol. The summed E-state index contributed by atoms with van der Waals surface area (Å²) in [5, 5.41) is 0. The van der Waals surface area contributed by atoms with E-state index in [9.17, 15) is 9.59 Å². The molecule has 2 N–H and O–H groups in total. The van der Waals surface area contributed by atoms with E-state index < -0.39 is 5.91 Å². The summed E-state index contributed by atoms with van der Waals surface area (Å²) in [6.45, 7) is 3.50. The smallest absolute Gasteiger partial charge is 0.267 e. The van der Waals surface area contributed by atoms with Gasteiger partial charge in [0, 0.05) is 31.6 Å². The van der Waals surface area contributed by atoms with Gasteiger partial charge in [-0.15, -0.1) is 0 Å². The van der Waals surface area contributed by atoms with Crippen LogP contribution in [0.3, 0.4) is 0 Å². The maximum absolute atomic E-state index is 12.6. The van der Waals surface area contributed by atoms with Crippen molar-refractivity contribution in [1.82, 2.24) is 9.88 Å². The Labute approximate surface area is 211 Å². The molecule has 188 valence electrons. The molecule has 0 aromatic carbocycles. The summed E-state index contributed by atoms with van der Waals surface area (Å²) < 4.78 is 0. The number of amides is 2. The Morgan fingerprint density at radius 1 is 0.971 bits per heavy atom. The number of carbonyl (C=O) groups excluding carboxylic acids is 2. The molecule has 1 fully saturated rings. The van der Waals surface area contributed by atoms with Gasteiger partial charge in [0.05, 0.1) is 0 Å². The molecule has 0 spiro atoms. The van der Waals surface area contributed by atoms with E-state index in [1.165, 1.54) is 0 Å². The van der Waals surface area contributed by atoms with Crippen LogP contribution in [-0.2, 0) is 4.79 Å². The molecule has 5 nitrogen and oxygen atoms in total. The Morgan fingerprint density at radius 3 is 2.17 bits per heavy atom. The molecule has 5 heteroatoms. The molecule has 0 aliphatic carbocycles. The van der Waals surface area contributed by atoms with Crippen molar-refractivity contribution in [2.45, 2.75) is 70.6 Å². The minimum Gasteiger partial charge on any atom is -0.364 e. The van der Waals surface area contributed by atoms with Gasteiger partial charge in [-0.3, -0.25) is 14.6 Å². The third kappa shape index (κ3) is 11.2. The number of nitrogens with zero attached hydrogens (tertiary/aromatic N) is 2. The minimum absolute atomic E-state index is 0.126. The van der Waals surface area contributed by atoms with Gasteiger partial charge < -0.3 is 10.6 Å². The molecule has 0 saturated carbocycles. The summed E-state index contributed by atoms with van der Waals surface area (Å²) in [4.78, 5) is 30.2. The first kappa shape index (κ1) is 28.0. The van der Waals surface area contributed by atoms with Crippen LogP contribution >= 0.6 is 0 Å². The van der Waals surface area contributed by atoms with Crippen molar-refractivity contribution in [2.24, 2.45) is 5.73 Å². The lowest BCUT2D eigenvalue weighted by molar-refractivity contribution is -0.130. The molecular formula is C30H41N3O2. The molecule has 1 aliphatic rings. The highest BCUT2D eigenvalue weighted by Gasteiger charge is 2.29. The molecule has 0 bridgehead atoms. The van der Waals surface area contributed by atoms with Crippen molar-refractivity contribution >= 4 is 11.8 Å². The van der Waals surface area contributed by atoms with Crippen LogP contribution < -0.4 is 5.73 Å². The predicted octanol–water partition coefficient (Wildman–Crippen LogP) is 6.42. The van der Waals surface area contributed by atoms with E-state index in [2.05, 4.69) is 72.7 Å². The number of primary amides is 1. The summed E-state index contributed by atoms with van der Waals surface area (Å²) in [7, 11) is 0. The second-order valence-corrected chi connectivity index (χ2v) is 8.73. The molecule has 1 aromatic rings.